The van der Waals surface area contributed by atoms with Crippen molar-refractivity contribution in [2.24, 2.45) is 0 Å². The largest absolute Gasteiger partial charge is 0.454 e. The molecule has 0 bridgehead atoms. The minimum atomic E-state index is -3.04. The van der Waals surface area contributed by atoms with Gasteiger partial charge in [-0.05, 0) is 44.5 Å². The van der Waals surface area contributed by atoms with Gasteiger partial charge >= 0.3 is 5.97 Å². The maximum Gasteiger partial charge on any atom is 0.340 e. The van der Waals surface area contributed by atoms with E-state index in [-0.39, 0.29) is 34.6 Å². The van der Waals surface area contributed by atoms with Crippen LogP contribution >= 0.6 is 11.6 Å². The Morgan fingerprint density at radius 1 is 1.25 bits per heavy atom. The van der Waals surface area contributed by atoms with Crippen LogP contribution in [0.1, 0.15) is 44.6 Å². The monoisotopic (exact) mass is 424 g/mol. The molecule has 150 valence electrons. The smallest absolute Gasteiger partial charge is 0.340 e. The van der Waals surface area contributed by atoms with Gasteiger partial charge in [0.15, 0.2) is 16.4 Å². The molecule has 1 saturated heterocycles. The number of benzene rings is 1. The highest BCUT2D eigenvalue weighted by molar-refractivity contribution is 7.91. The molecule has 9 heteroatoms. The summed E-state index contributed by atoms with van der Waals surface area (Å²) >= 11 is 5.81. The molecular weight excluding hydrogens is 404 g/mol. The van der Waals surface area contributed by atoms with Crippen molar-refractivity contribution in [3.8, 4) is 0 Å². The maximum absolute atomic E-state index is 12.6. The first-order valence-corrected chi connectivity index (χ1v) is 10.9. The van der Waals surface area contributed by atoms with Crippen LogP contribution in [0.15, 0.2) is 24.3 Å². The van der Waals surface area contributed by atoms with E-state index >= 15 is 0 Å². The average Bonchev–Trinajstić information content (AvgIpc) is 3.10. The number of rotatable bonds is 5. The Hall–Kier alpha value is -2.32. The molecule has 1 fully saturated rings. The highest BCUT2D eigenvalue weighted by atomic mass is 35.5. The van der Waals surface area contributed by atoms with Crippen LogP contribution in [0.25, 0.3) is 0 Å². The fourth-order valence-corrected chi connectivity index (χ4v) is 5.49. The van der Waals surface area contributed by atoms with Gasteiger partial charge in [0.1, 0.15) is 0 Å². The summed E-state index contributed by atoms with van der Waals surface area (Å²) in [4.78, 5) is 24.8. The molecule has 1 aliphatic heterocycles. The van der Waals surface area contributed by atoms with Crippen molar-refractivity contribution in [3.05, 3.63) is 51.8 Å². The zero-order valence-electron chi connectivity index (χ0n) is 15.6. The summed E-state index contributed by atoms with van der Waals surface area (Å²) in [5.41, 5.74) is 7.96. The molecule has 0 aliphatic carbocycles. The van der Waals surface area contributed by atoms with Crippen LogP contribution < -0.4 is 5.73 Å². The molecular formula is C19H21ClN2O5S. The van der Waals surface area contributed by atoms with Gasteiger partial charge in [-0.1, -0.05) is 11.6 Å². The third-order valence-electron chi connectivity index (χ3n) is 4.93. The first-order valence-electron chi connectivity index (χ1n) is 8.73. The molecule has 28 heavy (non-hydrogen) atoms. The second-order valence-electron chi connectivity index (χ2n) is 6.94. The molecule has 0 amide bonds. The number of esters is 1. The SMILES string of the molecule is Cc1cc(C(=O)COC(=O)c2ccc(Cl)cc2N)c(C)n1C1CCS(=O)(=O)C1. The highest BCUT2D eigenvalue weighted by Crippen LogP contribution is 2.29. The van der Waals surface area contributed by atoms with Gasteiger partial charge in [0.2, 0.25) is 5.78 Å². The molecule has 0 saturated carbocycles. The number of anilines is 1. The summed E-state index contributed by atoms with van der Waals surface area (Å²) < 4.78 is 30.6. The third-order valence-corrected chi connectivity index (χ3v) is 6.91. The number of Topliss-reactive ketones (excluding diaryl/α,β-unsaturated/α-hetero) is 1. The van der Waals surface area contributed by atoms with E-state index in [0.717, 1.165) is 5.69 Å². The van der Waals surface area contributed by atoms with Crippen molar-refractivity contribution in [2.75, 3.05) is 23.8 Å². The van der Waals surface area contributed by atoms with Crippen LogP contribution in [-0.2, 0) is 14.6 Å². The van der Waals surface area contributed by atoms with E-state index in [1.807, 2.05) is 11.5 Å². The minimum Gasteiger partial charge on any atom is -0.454 e. The Bertz CT molecular complexity index is 1060. The van der Waals surface area contributed by atoms with Crippen LogP contribution in [-0.4, -0.2) is 42.9 Å². The number of aromatic nitrogens is 1. The number of carbonyl (C=O) groups excluding carboxylic acids is 2. The molecule has 2 aromatic rings. The number of aryl methyl sites for hydroxylation is 1. The predicted molar refractivity (Wildman–Crippen MR) is 107 cm³/mol. The van der Waals surface area contributed by atoms with Crippen molar-refractivity contribution in [3.63, 3.8) is 0 Å². The molecule has 3 rings (SSSR count). The zero-order chi connectivity index (χ0) is 20.6. The summed E-state index contributed by atoms with van der Waals surface area (Å²) in [7, 11) is -3.04. The van der Waals surface area contributed by atoms with Gasteiger partial charge in [0.25, 0.3) is 0 Å². The van der Waals surface area contributed by atoms with Crippen molar-refractivity contribution in [1.82, 2.24) is 4.57 Å². The molecule has 1 aromatic carbocycles. The summed E-state index contributed by atoms with van der Waals surface area (Å²) in [5.74, 6) is -0.848. The van der Waals surface area contributed by atoms with E-state index in [0.29, 0.717) is 22.7 Å². The van der Waals surface area contributed by atoms with Gasteiger partial charge in [-0.3, -0.25) is 4.79 Å². The number of hydrogen-bond donors (Lipinski definition) is 1. The molecule has 7 nitrogen and oxygen atoms in total. The zero-order valence-corrected chi connectivity index (χ0v) is 17.1. The molecule has 1 unspecified atom stereocenters. The molecule has 1 aliphatic rings. The predicted octanol–water partition coefficient (Wildman–Crippen LogP) is 2.74. The standard InChI is InChI=1S/C19H21ClN2O5S/c1-11-7-16(12(2)22(11)14-5-6-28(25,26)10-14)18(23)9-27-19(24)15-4-3-13(20)8-17(15)21/h3-4,7-8,14H,5-6,9-10,21H2,1-2H3. The first kappa shape index (κ1) is 20.4. The van der Waals surface area contributed by atoms with E-state index in [1.54, 1.807) is 13.0 Å². The fourth-order valence-electron chi connectivity index (χ4n) is 3.61. The van der Waals surface area contributed by atoms with Gasteiger partial charge < -0.3 is 15.0 Å². The Balaban J connectivity index is 1.73. The number of nitrogens with two attached hydrogens (primary N) is 1. The number of halogens is 1. The highest BCUT2D eigenvalue weighted by Gasteiger charge is 2.31. The lowest BCUT2D eigenvalue weighted by molar-refractivity contribution is 0.0475. The van der Waals surface area contributed by atoms with Crippen molar-refractivity contribution in [1.29, 1.82) is 0 Å². The minimum absolute atomic E-state index is 0.0713. The summed E-state index contributed by atoms with van der Waals surface area (Å²) in [6.45, 7) is 3.16. The fraction of sp³-hybridized carbons (Fsp3) is 0.368. The Labute approximate surface area is 168 Å². The molecule has 2 heterocycles. The third kappa shape index (κ3) is 4.07. The summed E-state index contributed by atoms with van der Waals surface area (Å²) in [5, 5.41) is 0.395. The molecule has 0 radical (unpaired) electrons. The number of ether oxygens (including phenoxy) is 1. The van der Waals surface area contributed by atoms with Crippen LogP contribution in [0.3, 0.4) is 0 Å². The summed E-state index contributed by atoms with van der Waals surface area (Å²) in [6.07, 6.45) is 0.525. The number of carbonyl (C=O) groups is 2. The topological polar surface area (TPSA) is 108 Å². The van der Waals surface area contributed by atoms with Crippen LogP contribution in [0.5, 0.6) is 0 Å². The number of nitrogens with zero attached hydrogens (tertiary/aromatic N) is 1. The number of sulfone groups is 1. The Morgan fingerprint density at radius 2 is 1.96 bits per heavy atom. The molecule has 2 N–H and O–H groups in total. The lowest BCUT2D eigenvalue weighted by atomic mass is 10.1. The lowest BCUT2D eigenvalue weighted by Crippen LogP contribution is -2.17. The number of hydrogen-bond acceptors (Lipinski definition) is 6. The maximum atomic E-state index is 12.6. The van der Waals surface area contributed by atoms with Gasteiger partial charge in [-0.15, -0.1) is 0 Å². The average molecular weight is 425 g/mol. The Morgan fingerprint density at radius 3 is 2.57 bits per heavy atom. The molecule has 1 atom stereocenters. The second-order valence-corrected chi connectivity index (χ2v) is 9.61. The van der Waals surface area contributed by atoms with Crippen LogP contribution in [0.2, 0.25) is 5.02 Å². The van der Waals surface area contributed by atoms with Crippen LogP contribution in [0.4, 0.5) is 5.69 Å². The van der Waals surface area contributed by atoms with E-state index in [1.165, 1.54) is 18.2 Å². The number of ketones is 1. The van der Waals surface area contributed by atoms with Crippen molar-refractivity contribution < 1.29 is 22.7 Å². The van der Waals surface area contributed by atoms with Crippen molar-refractivity contribution >= 4 is 38.9 Å². The van der Waals surface area contributed by atoms with E-state index in [9.17, 15) is 18.0 Å². The van der Waals surface area contributed by atoms with Crippen molar-refractivity contribution in [2.45, 2.75) is 26.3 Å². The quantitative estimate of drug-likeness (QED) is 0.449. The normalized spacial score (nSPS) is 18.2. The second kappa shape index (κ2) is 7.60. The van der Waals surface area contributed by atoms with E-state index < -0.39 is 22.4 Å². The van der Waals surface area contributed by atoms with E-state index in [2.05, 4.69) is 0 Å². The number of nitrogen functional groups attached to an aromatic ring is 1. The first-order chi connectivity index (χ1) is 13.1. The lowest BCUT2D eigenvalue weighted by Gasteiger charge is -2.16. The van der Waals surface area contributed by atoms with Gasteiger partial charge in [-0.2, -0.15) is 0 Å². The van der Waals surface area contributed by atoms with Gasteiger partial charge in [0.05, 0.1) is 17.1 Å². The van der Waals surface area contributed by atoms with Gasteiger partial charge in [0, 0.05) is 33.7 Å². The van der Waals surface area contributed by atoms with Crippen LogP contribution in [0, 0.1) is 13.8 Å². The summed E-state index contributed by atoms with van der Waals surface area (Å²) in [6, 6.07) is 5.91. The Kier molecular flexibility index (Phi) is 5.54. The van der Waals surface area contributed by atoms with E-state index in [4.69, 9.17) is 22.1 Å². The molecule has 1 aromatic heterocycles. The van der Waals surface area contributed by atoms with Gasteiger partial charge in [-0.25, -0.2) is 13.2 Å². The molecule has 0 spiro atoms.